The molecule has 1 aromatic heterocycles. The highest BCUT2D eigenvalue weighted by Gasteiger charge is 1.95. The fourth-order valence-corrected chi connectivity index (χ4v) is 1.48. The average molecular weight is 181 g/mol. The van der Waals surface area contributed by atoms with Crippen molar-refractivity contribution in [2.24, 2.45) is 0 Å². The zero-order valence-electron chi connectivity index (χ0n) is 9.51. The summed E-state index contributed by atoms with van der Waals surface area (Å²) in [5.41, 5.74) is 0. The highest BCUT2D eigenvalue weighted by Crippen LogP contribution is 2.09. The van der Waals surface area contributed by atoms with Gasteiger partial charge in [-0.3, -0.25) is 0 Å². The zero-order valence-corrected chi connectivity index (χ0v) is 8.51. The third-order valence-corrected chi connectivity index (χ3v) is 2.30. The molecule has 0 N–H and O–H groups in total. The van der Waals surface area contributed by atoms with Crippen LogP contribution >= 0.6 is 0 Å². The van der Waals surface area contributed by atoms with E-state index in [9.17, 15) is 0 Å². The van der Waals surface area contributed by atoms with E-state index < -0.39 is 0 Å². The lowest BCUT2D eigenvalue weighted by molar-refractivity contribution is 0.492. The Morgan fingerprint density at radius 1 is 1.23 bits per heavy atom. The lowest BCUT2D eigenvalue weighted by atomic mass is 10.1. The lowest BCUT2D eigenvalue weighted by Gasteiger charge is -1.98. The Morgan fingerprint density at radius 2 is 2.00 bits per heavy atom. The van der Waals surface area contributed by atoms with Gasteiger partial charge in [0.15, 0.2) is 0 Å². The zero-order chi connectivity index (χ0) is 10.2. The van der Waals surface area contributed by atoms with Gasteiger partial charge >= 0.3 is 0 Å². The molecule has 0 atom stereocenters. The average Bonchev–Trinajstić information content (AvgIpc) is 2.58. The van der Waals surface area contributed by atoms with E-state index in [1.54, 1.807) is 6.07 Å². The second-order valence-corrected chi connectivity index (χ2v) is 3.54. The number of aryl methyl sites for hydroxylation is 1. The summed E-state index contributed by atoms with van der Waals surface area (Å²) in [6.45, 7) is 2.23. The minimum atomic E-state index is 0.283. The van der Waals surface area contributed by atoms with E-state index >= 15 is 0 Å². The van der Waals surface area contributed by atoms with Crippen molar-refractivity contribution in [2.75, 3.05) is 0 Å². The van der Waals surface area contributed by atoms with Crippen LogP contribution in [0.15, 0.2) is 22.8 Å². The van der Waals surface area contributed by atoms with Gasteiger partial charge in [0.05, 0.1) is 6.24 Å². The Kier molecular flexibility index (Phi) is 4.61. The van der Waals surface area contributed by atoms with Gasteiger partial charge in [-0.25, -0.2) is 0 Å². The van der Waals surface area contributed by atoms with Gasteiger partial charge in [-0.1, -0.05) is 39.0 Å². The molecule has 0 unspecified atom stereocenters. The monoisotopic (exact) mass is 181 g/mol. The van der Waals surface area contributed by atoms with Crippen LogP contribution in [0, 0.1) is 0 Å². The normalized spacial score (nSPS) is 11.6. The van der Waals surface area contributed by atoms with E-state index in [2.05, 4.69) is 6.92 Å². The molecule has 0 amide bonds. The molecule has 0 fully saturated rings. The van der Waals surface area contributed by atoms with Crippen LogP contribution in [-0.2, 0) is 6.42 Å². The van der Waals surface area contributed by atoms with Gasteiger partial charge in [0.2, 0.25) is 0 Å². The maximum absolute atomic E-state index is 7.22. The second kappa shape index (κ2) is 6.76. The third-order valence-electron chi connectivity index (χ3n) is 2.30. The predicted octanol–water partition coefficient (Wildman–Crippen LogP) is 4.18. The largest absolute Gasteiger partial charge is 0.469 e. The van der Waals surface area contributed by atoms with Crippen LogP contribution in [0.2, 0.25) is 0 Å². The standard InChI is InChI=1S/C12H20O/c1-2-3-4-5-6-7-9-12-10-8-11-13-12/h8,10-11H,2-7,9H2,1H3/i11D. The Morgan fingerprint density at radius 3 is 2.69 bits per heavy atom. The Balaban J connectivity index is 1.99. The highest BCUT2D eigenvalue weighted by atomic mass is 16.3. The van der Waals surface area contributed by atoms with Gasteiger partial charge in [-0.2, -0.15) is 0 Å². The van der Waals surface area contributed by atoms with Gasteiger partial charge in [0.1, 0.15) is 7.13 Å². The van der Waals surface area contributed by atoms with Gasteiger partial charge in [-0.15, -0.1) is 0 Å². The maximum atomic E-state index is 7.22. The minimum Gasteiger partial charge on any atom is -0.469 e. The molecule has 1 nitrogen and oxygen atoms in total. The van der Waals surface area contributed by atoms with Gasteiger partial charge in [0, 0.05) is 6.42 Å². The number of hydrogen-bond donors (Lipinski definition) is 0. The topological polar surface area (TPSA) is 13.1 Å². The predicted molar refractivity (Wildman–Crippen MR) is 55.8 cm³/mol. The first-order valence-electron chi connectivity index (χ1n) is 5.88. The molecule has 1 heterocycles. The molecular weight excluding hydrogens is 160 g/mol. The van der Waals surface area contributed by atoms with Crippen LogP contribution in [-0.4, -0.2) is 0 Å². The molecule has 0 aliphatic heterocycles. The van der Waals surface area contributed by atoms with Crippen LogP contribution in [0.4, 0.5) is 0 Å². The Bertz CT molecular complexity index is 242. The first-order chi connectivity index (χ1) is 6.83. The molecule has 0 saturated heterocycles. The second-order valence-electron chi connectivity index (χ2n) is 3.54. The maximum Gasteiger partial charge on any atom is 0.104 e. The first kappa shape index (κ1) is 8.86. The molecule has 1 aromatic rings. The lowest BCUT2D eigenvalue weighted by Crippen LogP contribution is -1.83. The first-order valence-corrected chi connectivity index (χ1v) is 5.38. The third kappa shape index (κ3) is 4.76. The van der Waals surface area contributed by atoms with E-state index in [1.165, 1.54) is 38.5 Å². The molecule has 0 bridgehead atoms. The fraction of sp³-hybridized carbons (Fsp3) is 0.667. The van der Waals surface area contributed by atoms with E-state index in [-0.39, 0.29) is 6.24 Å². The van der Waals surface area contributed by atoms with Crippen LogP contribution in [0.3, 0.4) is 0 Å². The van der Waals surface area contributed by atoms with E-state index in [0.717, 1.165) is 12.2 Å². The van der Waals surface area contributed by atoms with Gasteiger partial charge in [-0.05, 0) is 18.6 Å². The summed E-state index contributed by atoms with van der Waals surface area (Å²) in [7, 11) is 0. The van der Waals surface area contributed by atoms with Crippen molar-refractivity contribution in [1.29, 1.82) is 0 Å². The summed E-state index contributed by atoms with van der Waals surface area (Å²) >= 11 is 0. The smallest absolute Gasteiger partial charge is 0.104 e. The van der Waals surface area contributed by atoms with Crippen molar-refractivity contribution in [3.05, 3.63) is 24.1 Å². The molecule has 74 valence electrons. The van der Waals surface area contributed by atoms with Crippen molar-refractivity contribution < 1.29 is 5.79 Å². The molecule has 1 heteroatoms. The highest BCUT2D eigenvalue weighted by molar-refractivity contribution is 4.97. The molecule has 13 heavy (non-hydrogen) atoms. The van der Waals surface area contributed by atoms with E-state index in [1.807, 2.05) is 6.07 Å². The molecular formula is C12H20O. The number of hydrogen-bond acceptors (Lipinski definition) is 1. The fourth-order valence-electron chi connectivity index (χ4n) is 1.48. The molecule has 0 saturated carbocycles. The van der Waals surface area contributed by atoms with E-state index in [4.69, 9.17) is 5.79 Å². The molecule has 0 spiro atoms. The van der Waals surface area contributed by atoms with Gasteiger partial charge in [0.25, 0.3) is 0 Å². The van der Waals surface area contributed by atoms with Gasteiger partial charge < -0.3 is 4.42 Å². The van der Waals surface area contributed by atoms with Crippen LogP contribution in [0.1, 0.15) is 52.6 Å². The van der Waals surface area contributed by atoms with Crippen LogP contribution in [0.5, 0.6) is 0 Å². The number of rotatable bonds is 7. The summed E-state index contributed by atoms with van der Waals surface area (Å²) in [6, 6.07) is 3.63. The van der Waals surface area contributed by atoms with Crippen molar-refractivity contribution >= 4 is 0 Å². The van der Waals surface area contributed by atoms with E-state index in [0.29, 0.717) is 0 Å². The molecule has 0 aromatic carbocycles. The number of unbranched alkanes of at least 4 members (excludes halogenated alkanes) is 5. The van der Waals surface area contributed by atoms with Crippen LogP contribution < -0.4 is 0 Å². The molecule has 0 radical (unpaired) electrons. The van der Waals surface area contributed by atoms with Crippen molar-refractivity contribution in [3.63, 3.8) is 0 Å². The quantitative estimate of drug-likeness (QED) is 0.575. The van der Waals surface area contributed by atoms with Crippen molar-refractivity contribution in [3.8, 4) is 0 Å². The SMILES string of the molecule is [2H]c1ccc(CCCCCCCC)o1. The minimum absolute atomic E-state index is 0.283. The van der Waals surface area contributed by atoms with Crippen molar-refractivity contribution in [2.45, 2.75) is 51.9 Å². The summed E-state index contributed by atoms with van der Waals surface area (Å²) in [5.74, 6) is 0.963. The summed E-state index contributed by atoms with van der Waals surface area (Å²) in [4.78, 5) is 0. The van der Waals surface area contributed by atoms with Crippen LogP contribution in [0.25, 0.3) is 0 Å². The molecule has 1 rings (SSSR count). The molecule has 0 aliphatic carbocycles. The molecule has 0 aliphatic rings. The Labute approximate surface area is 82.6 Å². The Hall–Kier alpha value is -0.720. The van der Waals surface area contributed by atoms with Crippen molar-refractivity contribution in [1.82, 2.24) is 0 Å². The summed E-state index contributed by atoms with van der Waals surface area (Å²) in [6.07, 6.45) is 9.11. The number of furan rings is 1. The summed E-state index contributed by atoms with van der Waals surface area (Å²) < 4.78 is 12.4. The summed E-state index contributed by atoms with van der Waals surface area (Å²) in [5, 5.41) is 0.